The Kier molecular flexibility index (Phi) is 4.18. The van der Waals surface area contributed by atoms with E-state index in [1.54, 1.807) is 6.20 Å². The number of hydrogen-bond donors (Lipinski definition) is 1. The number of nitrogens with zero attached hydrogens (tertiary/aromatic N) is 1. The van der Waals surface area contributed by atoms with Crippen molar-refractivity contribution < 1.29 is 4.74 Å². The first-order chi connectivity index (χ1) is 7.75. The molecule has 1 aliphatic rings. The topological polar surface area (TPSA) is 34.1 Å². The van der Waals surface area contributed by atoms with Crippen LogP contribution in [0.2, 0.25) is 0 Å². The van der Waals surface area contributed by atoms with Gasteiger partial charge >= 0.3 is 0 Å². The van der Waals surface area contributed by atoms with Crippen molar-refractivity contribution in [2.24, 2.45) is 0 Å². The lowest BCUT2D eigenvalue weighted by Crippen LogP contribution is -2.20. The van der Waals surface area contributed by atoms with Crippen LogP contribution in [0.5, 0.6) is 5.88 Å². The van der Waals surface area contributed by atoms with E-state index >= 15 is 0 Å². The minimum absolute atomic E-state index is 0.308. The number of nitrogens with one attached hydrogen (secondary N) is 1. The first-order valence-electron chi connectivity index (χ1n) is 5.75. The molecule has 2 rings (SSSR count). The Morgan fingerprint density at radius 3 is 3.12 bits per heavy atom. The molecule has 0 spiro atoms. The van der Waals surface area contributed by atoms with E-state index in [1.807, 2.05) is 13.0 Å². The van der Waals surface area contributed by atoms with Crippen LogP contribution < -0.4 is 10.1 Å². The standard InChI is InChI=1S/C12H17BrN2O/c1-9-7-10(13)8-15-12(9)16-11-3-2-5-14-6-4-11/h7-8,11,14H,2-6H2,1H3. The molecule has 1 unspecified atom stereocenters. The van der Waals surface area contributed by atoms with Gasteiger partial charge in [-0.1, -0.05) is 0 Å². The summed E-state index contributed by atoms with van der Waals surface area (Å²) in [5.41, 5.74) is 1.09. The second-order valence-electron chi connectivity index (χ2n) is 4.20. The van der Waals surface area contributed by atoms with Gasteiger partial charge in [0.1, 0.15) is 6.10 Å². The van der Waals surface area contributed by atoms with E-state index in [0.717, 1.165) is 41.8 Å². The molecule has 0 radical (unpaired) electrons. The molecule has 2 heterocycles. The summed E-state index contributed by atoms with van der Waals surface area (Å²) in [5, 5.41) is 3.38. The summed E-state index contributed by atoms with van der Waals surface area (Å²) in [6.07, 6.45) is 5.46. The molecule has 1 aliphatic heterocycles. The number of pyridine rings is 1. The van der Waals surface area contributed by atoms with E-state index in [1.165, 1.54) is 6.42 Å². The van der Waals surface area contributed by atoms with Crippen molar-refractivity contribution in [2.45, 2.75) is 32.3 Å². The molecule has 1 N–H and O–H groups in total. The van der Waals surface area contributed by atoms with E-state index in [0.29, 0.717) is 6.10 Å². The molecule has 4 heteroatoms. The van der Waals surface area contributed by atoms with E-state index in [2.05, 4.69) is 26.2 Å². The van der Waals surface area contributed by atoms with Crippen LogP contribution in [0, 0.1) is 6.92 Å². The van der Waals surface area contributed by atoms with Crippen LogP contribution >= 0.6 is 15.9 Å². The monoisotopic (exact) mass is 284 g/mol. The highest BCUT2D eigenvalue weighted by atomic mass is 79.9. The molecule has 0 aliphatic carbocycles. The fraction of sp³-hybridized carbons (Fsp3) is 0.583. The third kappa shape index (κ3) is 3.19. The quantitative estimate of drug-likeness (QED) is 0.907. The molecular weight excluding hydrogens is 268 g/mol. The van der Waals surface area contributed by atoms with Gasteiger partial charge < -0.3 is 10.1 Å². The van der Waals surface area contributed by atoms with Crippen molar-refractivity contribution >= 4 is 15.9 Å². The molecule has 1 fully saturated rings. The van der Waals surface area contributed by atoms with Crippen LogP contribution in [-0.2, 0) is 0 Å². The van der Waals surface area contributed by atoms with Gasteiger partial charge in [-0.2, -0.15) is 0 Å². The Morgan fingerprint density at radius 2 is 2.31 bits per heavy atom. The summed E-state index contributed by atoms with van der Waals surface area (Å²) < 4.78 is 6.95. The fourth-order valence-electron chi connectivity index (χ4n) is 1.91. The van der Waals surface area contributed by atoms with Gasteiger partial charge in [0.05, 0.1) is 0 Å². The third-order valence-electron chi connectivity index (χ3n) is 2.80. The minimum atomic E-state index is 0.308. The highest BCUT2D eigenvalue weighted by Crippen LogP contribution is 2.21. The first kappa shape index (κ1) is 11.9. The maximum absolute atomic E-state index is 5.95. The highest BCUT2D eigenvalue weighted by molar-refractivity contribution is 9.10. The largest absolute Gasteiger partial charge is 0.474 e. The van der Waals surface area contributed by atoms with Crippen LogP contribution in [0.3, 0.4) is 0 Å². The Labute approximate surface area is 105 Å². The van der Waals surface area contributed by atoms with Crippen molar-refractivity contribution in [3.05, 3.63) is 22.3 Å². The van der Waals surface area contributed by atoms with Gasteiger partial charge in [0.2, 0.25) is 5.88 Å². The zero-order valence-electron chi connectivity index (χ0n) is 9.50. The molecule has 1 aromatic rings. The minimum Gasteiger partial charge on any atom is -0.474 e. The molecule has 0 amide bonds. The van der Waals surface area contributed by atoms with Crippen molar-refractivity contribution in [2.75, 3.05) is 13.1 Å². The number of halogens is 1. The lowest BCUT2D eigenvalue weighted by atomic mass is 10.1. The summed E-state index contributed by atoms with van der Waals surface area (Å²) >= 11 is 3.41. The summed E-state index contributed by atoms with van der Waals surface area (Å²) in [4.78, 5) is 4.31. The van der Waals surface area contributed by atoms with Gasteiger partial charge in [-0.05, 0) is 61.3 Å². The second kappa shape index (κ2) is 5.64. The number of aryl methyl sites for hydroxylation is 1. The summed E-state index contributed by atoms with van der Waals surface area (Å²) in [7, 11) is 0. The summed E-state index contributed by atoms with van der Waals surface area (Å²) in [6, 6.07) is 2.04. The van der Waals surface area contributed by atoms with E-state index < -0.39 is 0 Å². The predicted octanol–water partition coefficient (Wildman–Crippen LogP) is 2.67. The lowest BCUT2D eigenvalue weighted by molar-refractivity contribution is 0.178. The van der Waals surface area contributed by atoms with Crippen molar-refractivity contribution in [1.82, 2.24) is 10.3 Å². The van der Waals surface area contributed by atoms with Crippen LogP contribution in [0.4, 0.5) is 0 Å². The Balaban J connectivity index is 2.01. The van der Waals surface area contributed by atoms with E-state index in [4.69, 9.17) is 4.74 Å². The number of hydrogen-bond acceptors (Lipinski definition) is 3. The average molecular weight is 285 g/mol. The van der Waals surface area contributed by atoms with Crippen molar-refractivity contribution in [3.63, 3.8) is 0 Å². The normalized spacial score (nSPS) is 21.5. The van der Waals surface area contributed by atoms with Gasteiger partial charge in [-0.3, -0.25) is 0 Å². The molecule has 0 saturated carbocycles. The number of aromatic nitrogens is 1. The van der Waals surface area contributed by atoms with E-state index in [9.17, 15) is 0 Å². The maximum atomic E-state index is 5.95. The zero-order valence-corrected chi connectivity index (χ0v) is 11.1. The number of ether oxygens (including phenoxy) is 1. The molecule has 1 aromatic heterocycles. The molecule has 3 nitrogen and oxygen atoms in total. The molecule has 1 saturated heterocycles. The zero-order chi connectivity index (χ0) is 11.4. The van der Waals surface area contributed by atoms with Gasteiger partial charge in [-0.25, -0.2) is 4.98 Å². The van der Waals surface area contributed by atoms with Crippen molar-refractivity contribution in [1.29, 1.82) is 0 Å². The third-order valence-corrected chi connectivity index (χ3v) is 3.23. The number of rotatable bonds is 2. The fourth-order valence-corrected chi connectivity index (χ4v) is 2.36. The van der Waals surface area contributed by atoms with Crippen LogP contribution in [0.25, 0.3) is 0 Å². The Bertz CT molecular complexity index is 349. The lowest BCUT2D eigenvalue weighted by Gasteiger charge is -2.17. The van der Waals surface area contributed by atoms with Crippen LogP contribution in [-0.4, -0.2) is 24.2 Å². The van der Waals surface area contributed by atoms with Crippen molar-refractivity contribution in [3.8, 4) is 5.88 Å². The SMILES string of the molecule is Cc1cc(Br)cnc1OC1CCCNCC1. The van der Waals surface area contributed by atoms with E-state index in [-0.39, 0.29) is 0 Å². The molecular formula is C12H17BrN2O. The summed E-state index contributed by atoms with van der Waals surface area (Å²) in [6.45, 7) is 4.18. The van der Waals surface area contributed by atoms with Gasteiger partial charge in [0.25, 0.3) is 0 Å². The maximum Gasteiger partial charge on any atom is 0.216 e. The predicted molar refractivity (Wildman–Crippen MR) is 67.8 cm³/mol. The van der Waals surface area contributed by atoms with Crippen LogP contribution in [0.1, 0.15) is 24.8 Å². The molecule has 0 bridgehead atoms. The van der Waals surface area contributed by atoms with Crippen LogP contribution in [0.15, 0.2) is 16.7 Å². The molecule has 16 heavy (non-hydrogen) atoms. The Morgan fingerprint density at radius 1 is 1.44 bits per heavy atom. The Hall–Kier alpha value is -0.610. The average Bonchev–Trinajstić information content (AvgIpc) is 2.51. The van der Waals surface area contributed by atoms with Gasteiger partial charge in [-0.15, -0.1) is 0 Å². The summed E-state index contributed by atoms with van der Waals surface area (Å²) in [5.74, 6) is 0.773. The van der Waals surface area contributed by atoms with Gasteiger partial charge in [0, 0.05) is 16.2 Å². The molecule has 88 valence electrons. The first-order valence-corrected chi connectivity index (χ1v) is 6.54. The second-order valence-corrected chi connectivity index (χ2v) is 5.11. The highest BCUT2D eigenvalue weighted by Gasteiger charge is 2.14. The molecule has 0 aromatic carbocycles. The van der Waals surface area contributed by atoms with Gasteiger partial charge in [0.15, 0.2) is 0 Å². The molecule has 1 atom stereocenters. The smallest absolute Gasteiger partial charge is 0.216 e.